The molecule has 1 saturated heterocycles. The van der Waals surface area contributed by atoms with Gasteiger partial charge in [0.05, 0.1) is 17.3 Å². The van der Waals surface area contributed by atoms with Crippen LogP contribution in [0.15, 0.2) is 42.5 Å². The lowest BCUT2D eigenvalue weighted by atomic mass is 9.96. The first kappa shape index (κ1) is 17.7. The summed E-state index contributed by atoms with van der Waals surface area (Å²) in [6.07, 6.45) is 1.50. The molecular weight excluding hydrogens is 365 g/mol. The van der Waals surface area contributed by atoms with Gasteiger partial charge < -0.3 is 15.0 Å². The number of amides is 1. The maximum Gasteiger partial charge on any atom is 0.227 e. The number of thiazole rings is 1. The lowest BCUT2D eigenvalue weighted by Gasteiger charge is -2.31. The minimum absolute atomic E-state index is 0.0470. The SMILES string of the molecule is COc1ccc2nc(N3CCC(C(=O)Nc4cccc(F)c4)CC3)sc2c1. The average molecular weight is 385 g/mol. The van der Waals surface area contributed by atoms with Gasteiger partial charge in [-0.3, -0.25) is 4.79 Å². The lowest BCUT2D eigenvalue weighted by Crippen LogP contribution is -2.38. The number of rotatable bonds is 4. The van der Waals surface area contributed by atoms with Crippen LogP contribution in [0.1, 0.15) is 12.8 Å². The molecule has 140 valence electrons. The summed E-state index contributed by atoms with van der Waals surface area (Å²) in [4.78, 5) is 19.4. The Morgan fingerprint density at radius 2 is 2.07 bits per heavy atom. The first-order valence-electron chi connectivity index (χ1n) is 8.88. The van der Waals surface area contributed by atoms with E-state index in [2.05, 4.69) is 10.2 Å². The van der Waals surface area contributed by atoms with E-state index in [1.54, 1.807) is 30.6 Å². The van der Waals surface area contributed by atoms with Crippen molar-refractivity contribution >= 4 is 38.3 Å². The minimum atomic E-state index is -0.352. The first-order chi connectivity index (χ1) is 13.1. The molecule has 1 N–H and O–H groups in total. The molecule has 1 amide bonds. The fourth-order valence-corrected chi connectivity index (χ4v) is 4.34. The minimum Gasteiger partial charge on any atom is -0.497 e. The smallest absolute Gasteiger partial charge is 0.227 e. The van der Waals surface area contributed by atoms with Gasteiger partial charge in [-0.2, -0.15) is 0 Å². The molecule has 0 saturated carbocycles. The standard InChI is InChI=1S/C20H20FN3O2S/c1-26-16-5-6-17-18(12-16)27-20(23-17)24-9-7-13(8-10-24)19(25)22-15-4-2-3-14(21)11-15/h2-6,11-13H,7-10H2,1H3,(H,22,25). The normalized spacial score (nSPS) is 15.1. The quantitative estimate of drug-likeness (QED) is 0.728. The molecule has 2 heterocycles. The molecule has 5 nitrogen and oxygen atoms in total. The average Bonchev–Trinajstić information content (AvgIpc) is 3.11. The number of ether oxygens (including phenoxy) is 1. The van der Waals surface area contributed by atoms with Crippen LogP contribution in [-0.2, 0) is 4.79 Å². The molecule has 1 fully saturated rings. The molecule has 0 radical (unpaired) electrons. The van der Waals surface area contributed by atoms with E-state index in [0.717, 1.165) is 47.0 Å². The molecule has 1 aliphatic rings. The van der Waals surface area contributed by atoms with E-state index in [1.807, 2.05) is 18.2 Å². The summed E-state index contributed by atoms with van der Waals surface area (Å²) >= 11 is 1.64. The molecule has 7 heteroatoms. The number of benzene rings is 2. The third kappa shape index (κ3) is 3.88. The van der Waals surface area contributed by atoms with Gasteiger partial charge in [0.15, 0.2) is 5.13 Å². The van der Waals surface area contributed by atoms with Crippen LogP contribution < -0.4 is 15.0 Å². The summed E-state index contributed by atoms with van der Waals surface area (Å²) in [5.74, 6) is 0.355. The number of nitrogens with zero attached hydrogens (tertiary/aromatic N) is 2. The zero-order chi connectivity index (χ0) is 18.8. The number of fused-ring (bicyclic) bond motifs is 1. The molecular formula is C20H20FN3O2S. The summed E-state index contributed by atoms with van der Waals surface area (Å²) in [5.41, 5.74) is 1.46. The van der Waals surface area contributed by atoms with Crippen molar-refractivity contribution in [3.8, 4) is 5.75 Å². The summed E-state index contributed by atoms with van der Waals surface area (Å²) < 4.78 is 19.6. The maximum atomic E-state index is 13.3. The molecule has 0 atom stereocenters. The van der Waals surface area contributed by atoms with Crippen molar-refractivity contribution in [1.29, 1.82) is 0 Å². The van der Waals surface area contributed by atoms with Crippen LogP contribution in [0, 0.1) is 11.7 Å². The van der Waals surface area contributed by atoms with Gasteiger partial charge in [0.1, 0.15) is 11.6 Å². The Kier molecular flexibility index (Phi) is 4.94. The fraction of sp³-hybridized carbons (Fsp3) is 0.300. The monoisotopic (exact) mass is 385 g/mol. The largest absolute Gasteiger partial charge is 0.497 e. The third-order valence-corrected chi connectivity index (χ3v) is 5.89. The molecule has 1 aliphatic heterocycles. The van der Waals surface area contributed by atoms with Crippen LogP contribution in [0.5, 0.6) is 5.75 Å². The second kappa shape index (κ2) is 7.52. The van der Waals surface area contributed by atoms with Crippen molar-refractivity contribution in [2.75, 3.05) is 30.4 Å². The molecule has 0 aliphatic carbocycles. The predicted octanol–water partition coefficient (Wildman–Crippen LogP) is 4.30. The van der Waals surface area contributed by atoms with Crippen molar-refractivity contribution in [3.05, 3.63) is 48.3 Å². The van der Waals surface area contributed by atoms with Gasteiger partial charge in [-0.1, -0.05) is 17.4 Å². The number of hydrogen-bond acceptors (Lipinski definition) is 5. The highest BCUT2D eigenvalue weighted by molar-refractivity contribution is 7.22. The molecule has 0 bridgehead atoms. The topological polar surface area (TPSA) is 54.5 Å². The number of carbonyl (C=O) groups is 1. The van der Waals surface area contributed by atoms with Crippen molar-refractivity contribution in [3.63, 3.8) is 0 Å². The van der Waals surface area contributed by atoms with Crippen LogP contribution in [0.25, 0.3) is 10.2 Å². The zero-order valence-electron chi connectivity index (χ0n) is 14.9. The van der Waals surface area contributed by atoms with Crippen LogP contribution >= 0.6 is 11.3 Å². The number of hydrogen-bond donors (Lipinski definition) is 1. The molecule has 3 aromatic rings. The number of nitrogens with one attached hydrogen (secondary N) is 1. The summed E-state index contributed by atoms with van der Waals surface area (Å²) in [5, 5.41) is 3.79. The second-order valence-corrected chi connectivity index (χ2v) is 7.60. The molecule has 0 unspecified atom stereocenters. The van der Waals surface area contributed by atoms with Crippen LogP contribution in [0.3, 0.4) is 0 Å². The van der Waals surface area contributed by atoms with E-state index in [1.165, 1.54) is 12.1 Å². The van der Waals surface area contributed by atoms with Crippen LogP contribution in [0.4, 0.5) is 15.2 Å². The van der Waals surface area contributed by atoms with E-state index in [4.69, 9.17) is 9.72 Å². The van der Waals surface area contributed by atoms with Crippen molar-refractivity contribution in [1.82, 2.24) is 4.98 Å². The van der Waals surface area contributed by atoms with Gasteiger partial charge in [0.25, 0.3) is 0 Å². The highest BCUT2D eigenvalue weighted by atomic mass is 32.1. The van der Waals surface area contributed by atoms with Gasteiger partial charge in [0.2, 0.25) is 5.91 Å². The number of anilines is 2. The lowest BCUT2D eigenvalue weighted by molar-refractivity contribution is -0.120. The van der Waals surface area contributed by atoms with E-state index < -0.39 is 0 Å². The maximum absolute atomic E-state index is 13.3. The van der Waals surface area contributed by atoms with Crippen LogP contribution in [0.2, 0.25) is 0 Å². The van der Waals surface area contributed by atoms with E-state index >= 15 is 0 Å². The summed E-state index contributed by atoms with van der Waals surface area (Å²) in [6, 6.07) is 11.9. The Bertz CT molecular complexity index is 967. The molecule has 0 spiro atoms. The first-order valence-corrected chi connectivity index (χ1v) is 9.70. The number of halogens is 1. The van der Waals surface area contributed by atoms with Crippen molar-refractivity contribution < 1.29 is 13.9 Å². The van der Waals surface area contributed by atoms with Crippen molar-refractivity contribution in [2.45, 2.75) is 12.8 Å². The number of carbonyl (C=O) groups excluding carboxylic acids is 1. The van der Waals surface area contributed by atoms with Gasteiger partial charge in [-0.25, -0.2) is 9.37 Å². The summed E-state index contributed by atoms with van der Waals surface area (Å²) in [6.45, 7) is 1.55. The Morgan fingerprint density at radius 1 is 1.26 bits per heavy atom. The highest BCUT2D eigenvalue weighted by Crippen LogP contribution is 2.33. The molecule has 27 heavy (non-hydrogen) atoms. The van der Waals surface area contributed by atoms with Gasteiger partial charge in [0, 0.05) is 24.7 Å². The Hall–Kier alpha value is -2.67. The number of aromatic nitrogens is 1. The molecule has 1 aromatic heterocycles. The van der Waals surface area contributed by atoms with Gasteiger partial charge in [-0.15, -0.1) is 0 Å². The van der Waals surface area contributed by atoms with Crippen LogP contribution in [-0.4, -0.2) is 31.1 Å². The summed E-state index contributed by atoms with van der Waals surface area (Å²) in [7, 11) is 1.66. The highest BCUT2D eigenvalue weighted by Gasteiger charge is 2.26. The Morgan fingerprint density at radius 3 is 2.81 bits per heavy atom. The fourth-order valence-electron chi connectivity index (χ4n) is 3.30. The number of methoxy groups -OCH3 is 1. The van der Waals surface area contributed by atoms with Gasteiger partial charge >= 0.3 is 0 Å². The Balaban J connectivity index is 1.39. The van der Waals surface area contributed by atoms with E-state index in [-0.39, 0.29) is 17.6 Å². The third-order valence-electron chi connectivity index (χ3n) is 4.81. The number of piperidine rings is 1. The second-order valence-electron chi connectivity index (χ2n) is 6.59. The predicted molar refractivity (Wildman–Crippen MR) is 106 cm³/mol. The Labute approximate surface area is 160 Å². The van der Waals surface area contributed by atoms with Gasteiger partial charge in [-0.05, 0) is 49.2 Å². The van der Waals surface area contributed by atoms with Crippen molar-refractivity contribution in [2.24, 2.45) is 5.92 Å². The van der Waals surface area contributed by atoms with E-state index in [0.29, 0.717) is 5.69 Å². The zero-order valence-corrected chi connectivity index (χ0v) is 15.8. The molecule has 2 aromatic carbocycles. The van der Waals surface area contributed by atoms with E-state index in [9.17, 15) is 9.18 Å². The molecule has 4 rings (SSSR count).